The Morgan fingerprint density at radius 2 is 2.45 bits per heavy atom. The Kier molecular flexibility index (Phi) is 2.28. The fourth-order valence-electron chi connectivity index (χ4n) is 1.59. The van der Waals surface area contributed by atoms with Crippen LogP contribution < -0.4 is 0 Å². The van der Waals surface area contributed by atoms with Crippen molar-refractivity contribution in [1.82, 2.24) is 0 Å². The molecular formula is C10H14O. The van der Waals surface area contributed by atoms with Crippen LogP contribution >= 0.6 is 0 Å². The molecule has 0 aromatic rings. The predicted molar refractivity (Wildman–Crippen MR) is 46.3 cm³/mol. The van der Waals surface area contributed by atoms with Gasteiger partial charge in [0.1, 0.15) is 6.29 Å². The van der Waals surface area contributed by atoms with Crippen molar-refractivity contribution in [2.45, 2.75) is 26.2 Å². The zero-order valence-electron chi connectivity index (χ0n) is 6.97. The van der Waals surface area contributed by atoms with Gasteiger partial charge in [-0.3, -0.25) is 0 Å². The van der Waals surface area contributed by atoms with Crippen LogP contribution in [-0.2, 0) is 4.79 Å². The molecule has 0 amide bonds. The van der Waals surface area contributed by atoms with Gasteiger partial charge in [-0.2, -0.15) is 0 Å². The van der Waals surface area contributed by atoms with Crippen molar-refractivity contribution >= 4 is 6.29 Å². The van der Waals surface area contributed by atoms with Crippen molar-refractivity contribution < 1.29 is 4.79 Å². The molecule has 0 heterocycles. The van der Waals surface area contributed by atoms with E-state index in [1.807, 2.05) is 0 Å². The van der Waals surface area contributed by atoms with Crippen LogP contribution in [0.2, 0.25) is 0 Å². The first-order valence-electron chi connectivity index (χ1n) is 3.98. The molecular weight excluding hydrogens is 136 g/mol. The summed E-state index contributed by atoms with van der Waals surface area (Å²) in [6, 6.07) is 0. The number of carbonyl (C=O) groups excluding carboxylic acids is 1. The topological polar surface area (TPSA) is 17.1 Å². The van der Waals surface area contributed by atoms with E-state index in [9.17, 15) is 4.79 Å². The van der Waals surface area contributed by atoms with E-state index >= 15 is 0 Å². The summed E-state index contributed by atoms with van der Waals surface area (Å²) < 4.78 is 0. The largest absolute Gasteiger partial charge is 0.302 e. The Hall–Kier alpha value is -0.850. The maximum Gasteiger partial charge on any atom is 0.130 e. The minimum absolute atomic E-state index is 0.251. The van der Waals surface area contributed by atoms with Gasteiger partial charge in [0.15, 0.2) is 0 Å². The van der Waals surface area contributed by atoms with Gasteiger partial charge in [0.25, 0.3) is 0 Å². The monoisotopic (exact) mass is 150 g/mol. The van der Waals surface area contributed by atoms with E-state index in [1.54, 1.807) is 6.08 Å². The van der Waals surface area contributed by atoms with Crippen LogP contribution in [0.1, 0.15) is 26.2 Å². The summed E-state index contributed by atoms with van der Waals surface area (Å²) in [5.41, 5.74) is 1.06. The molecule has 0 aliphatic heterocycles. The van der Waals surface area contributed by atoms with Gasteiger partial charge in [-0.05, 0) is 26.2 Å². The summed E-state index contributed by atoms with van der Waals surface area (Å²) in [5, 5.41) is 0. The highest BCUT2D eigenvalue weighted by atomic mass is 16.1. The van der Waals surface area contributed by atoms with Gasteiger partial charge in [-0.15, -0.1) is 6.58 Å². The lowest BCUT2D eigenvalue weighted by molar-refractivity contribution is -0.114. The van der Waals surface area contributed by atoms with Crippen LogP contribution in [-0.4, -0.2) is 6.29 Å². The van der Waals surface area contributed by atoms with Crippen molar-refractivity contribution in [1.29, 1.82) is 0 Å². The van der Waals surface area contributed by atoms with E-state index in [-0.39, 0.29) is 5.41 Å². The quantitative estimate of drug-likeness (QED) is 0.436. The van der Waals surface area contributed by atoms with Gasteiger partial charge in [0, 0.05) is 5.41 Å². The number of hydrogen-bond acceptors (Lipinski definition) is 1. The summed E-state index contributed by atoms with van der Waals surface area (Å²) >= 11 is 0. The average molecular weight is 150 g/mol. The molecule has 1 unspecified atom stereocenters. The summed E-state index contributed by atoms with van der Waals surface area (Å²) in [6.45, 7) is 5.77. The van der Waals surface area contributed by atoms with Gasteiger partial charge in [-0.25, -0.2) is 0 Å². The third-order valence-electron chi connectivity index (χ3n) is 2.35. The zero-order chi connectivity index (χ0) is 8.32. The fraction of sp³-hybridized carbons (Fsp3) is 0.500. The van der Waals surface area contributed by atoms with Crippen molar-refractivity contribution in [3.63, 3.8) is 0 Å². The number of aldehydes is 1. The molecule has 0 fully saturated rings. The highest BCUT2D eigenvalue weighted by Crippen LogP contribution is 2.34. The molecule has 0 aromatic carbocycles. The maximum absolute atomic E-state index is 10.8. The molecule has 0 saturated carbocycles. The molecule has 1 aliphatic carbocycles. The SMILES string of the molecule is C=CC1(C=O)CCC=C(C)C1. The normalized spacial score (nSPS) is 30.8. The highest BCUT2D eigenvalue weighted by Gasteiger charge is 2.27. The van der Waals surface area contributed by atoms with Crippen LogP contribution in [0, 0.1) is 5.41 Å². The number of allylic oxidation sites excluding steroid dienone is 3. The van der Waals surface area contributed by atoms with E-state index in [0.29, 0.717) is 0 Å². The zero-order valence-corrected chi connectivity index (χ0v) is 6.97. The first kappa shape index (κ1) is 8.25. The molecule has 60 valence electrons. The molecule has 0 radical (unpaired) electrons. The molecule has 11 heavy (non-hydrogen) atoms. The average Bonchev–Trinajstić information content (AvgIpc) is 2.04. The van der Waals surface area contributed by atoms with Gasteiger partial charge < -0.3 is 4.79 Å². The van der Waals surface area contributed by atoms with E-state index in [2.05, 4.69) is 19.6 Å². The Balaban J connectivity index is 2.80. The molecule has 1 atom stereocenters. The van der Waals surface area contributed by atoms with Crippen LogP contribution in [0.15, 0.2) is 24.3 Å². The fourth-order valence-corrected chi connectivity index (χ4v) is 1.59. The lowest BCUT2D eigenvalue weighted by Gasteiger charge is -2.27. The second kappa shape index (κ2) is 3.04. The third-order valence-corrected chi connectivity index (χ3v) is 2.35. The van der Waals surface area contributed by atoms with E-state index < -0.39 is 0 Å². The number of rotatable bonds is 2. The highest BCUT2D eigenvalue weighted by molar-refractivity contribution is 5.63. The Labute approximate surface area is 67.8 Å². The van der Waals surface area contributed by atoms with Gasteiger partial charge >= 0.3 is 0 Å². The first-order chi connectivity index (χ1) is 5.22. The molecule has 1 aliphatic rings. The lowest BCUT2D eigenvalue weighted by atomic mass is 9.76. The molecule has 0 N–H and O–H groups in total. The smallest absolute Gasteiger partial charge is 0.130 e. The third kappa shape index (κ3) is 1.59. The van der Waals surface area contributed by atoms with Crippen LogP contribution in [0.4, 0.5) is 0 Å². The van der Waals surface area contributed by atoms with Crippen molar-refractivity contribution in [3.05, 3.63) is 24.3 Å². The maximum atomic E-state index is 10.8. The van der Waals surface area contributed by atoms with E-state index in [1.165, 1.54) is 5.57 Å². The summed E-state index contributed by atoms with van der Waals surface area (Å²) in [7, 11) is 0. The van der Waals surface area contributed by atoms with E-state index in [0.717, 1.165) is 25.5 Å². The van der Waals surface area contributed by atoms with Gasteiger partial charge in [-0.1, -0.05) is 17.7 Å². The van der Waals surface area contributed by atoms with Crippen molar-refractivity contribution in [3.8, 4) is 0 Å². The standard InChI is InChI=1S/C10H14O/c1-3-10(8-11)6-4-5-9(2)7-10/h3,5,8H,1,4,6-7H2,2H3. The van der Waals surface area contributed by atoms with Gasteiger partial charge in [0.2, 0.25) is 0 Å². The van der Waals surface area contributed by atoms with Gasteiger partial charge in [0.05, 0.1) is 0 Å². The molecule has 0 aromatic heterocycles. The molecule has 0 spiro atoms. The molecule has 1 rings (SSSR count). The first-order valence-corrected chi connectivity index (χ1v) is 3.98. The molecule has 1 nitrogen and oxygen atoms in total. The Bertz CT molecular complexity index is 193. The second-order valence-corrected chi connectivity index (χ2v) is 3.32. The lowest BCUT2D eigenvalue weighted by Crippen LogP contribution is -2.22. The second-order valence-electron chi connectivity index (χ2n) is 3.32. The Morgan fingerprint density at radius 1 is 1.73 bits per heavy atom. The van der Waals surface area contributed by atoms with Crippen LogP contribution in [0.25, 0.3) is 0 Å². The minimum atomic E-state index is -0.251. The molecule has 1 heteroatoms. The van der Waals surface area contributed by atoms with Crippen LogP contribution in [0.5, 0.6) is 0 Å². The number of carbonyl (C=O) groups is 1. The van der Waals surface area contributed by atoms with Crippen LogP contribution in [0.3, 0.4) is 0 Å². The Morgan fingerprint density at radius 3 is 2.82 bits per heavy atom. The summed E-state index contributed by atoms with van der Waals surface area (Å²) in [6.07, 6.45) is 7.83. The molecule has 0 saturated heterocycles. The number of hydrogen-bond donors (Lipinski definition) is 0. The predicted octanol–water partition coefficient (Wildman–Crippen LogP) is 2.49. The van der Waals surface area contributed by atoms with Crippen molar-refractivity contribution in [2.75, 3.05) is 0 Å². The van der Waals surface area contributed by atoms with Crippen molar-refractivity contribution in [2.24, 2.45) is 5.41 Å². The minimum Gasteiger partial charge on any atom is -0.302 e. The molecule has 0 bridgehead atoms. The summed E-state index contributed by atoms with van der Waals surface area (Å²) in [4.78, 5) is 10.8. The summed E-state index contributed by atoms with van der Waals surface area (Å²) in [5.74, 6) is 0. The van der Waals surface area contributed by atoms with E-state index in [4.69, 9.17) is 0 Å².